The number of hydrogen-bond donors (Lipinski definition) is 2. The molecular formula is C36H29ClF7N9O3S. The predicted octanol–water partition coefficient (Wildman–Crippen LogP) is 6.86. The molecule has 2 N–H and O–H groups in total. The van der Waals surface area contributed by atoms with E-state index in [1.54, 1.807) is 36.0 Å². The Kier molecular flexibility index (Phi) is 8.95. The third-order valence-corrected chi connectivity index (χ3v) is 10.8. The van der Waals surface area contributed by atoms with E-state index in [0.717, 1.165) is 18.4 Å². The summed E-state index contributed by atoms with van der Waals surface area (Å²) in [6, 6.07) is 7.59. The summed E-state index contributed by atoms with van der Waals surface area (Å²) in [5.41, 5.74) is -1.44. The van der Waals surface area contributed by atoms with Crippen LogP contribution in [0.15, 0.2) is 55.0 Å². The van der Waals surface area contributed by atoms with E-state index < -0.39 is 81.0 Å². The van der Waals surface area contributed by atoms with Crippen molar-refractivity contribution in [3.8, 4) is 22.5 Å². The number of amides is 1. The zero-order chi connectivity index (χ0) is 40.9. The molecule has 0 radical (unpaired) electrons. The van der Waals surface area contributed by atoms with E-state index >= 15 is 8.78 Å². The maximum absolute atomic E-state index is 15.4. The highest BCUT2D eigenvalue weighted by Crippen LogP contribution is 2.68. The number of rotatable bonds is 10. The molecule has 1 fully saturated rings. The number of nitrogens with zero attached hydrogens (tertiary/aromatic N) is 7. The van der Waals surface area contributed by atoms with Gasteiger partial charge in [-0.15, -0.1) is 0 Å². The largest absolute Gasteiger partial charge is 0.435 e. The number of halogens is 8. The Morgan fingerprint density at radius 1 is 1.04 bits per heavy atom. The topological polar surface area (TPSA) is 142 Å². The number of fused-ring (bicyclic) bond motifs is 4. The molecule has 3 atom stereocenters. The van der Waals surface area contributed by atoms with Gasteiger partial charge in [-0.1, -0.05) is 23.7 Å². The first-order valence-electron chi connectivity index (χ1n) is 17.1. The van der Waals surface area contributed by atoms with Crippen LogP contribution in [-0.4, -0.2) is 54.7 Å². The van der Waals surface area contributed by atoms with E-state index in [2.05, 4.69) is 25.2 Å². The number of imidazole rings is 1. The fraction of sp³-hybridized carbons (Fsp3) is 0.306. The van der Waals surface area contributed by atoms with Gasteiger partial charge in [0.1, 0.15) is 29.6 Å². The van der Waals surface area contributed by atoms with Gasteiger partial charge >= 0.3 is 6.18 Å². The van der Waals surface area contributed by atoms with Gasteiger partial charge in [-0.25, -0.2) is 27.2 Å². The lowest BCUT2D eigenvalue weighted by Gasteiger charge is -2.23. The summed E-state index contributed by atoms with van der Waals surface area (Å²) in [6.07, 6.45) is -1.49. The van der Waals surface area contributed by atoms with Crippen molar-refractivity contribution in [1.29, 1.82) is 0 Å². The summed E-state index contributed by atoms with van der Waals surface area (Å²) in [4.78, 5) is 23.1. The molecule has 57 heavy (non-hydrogen) atoms. The fourth-order valence-electron chi connectivity index (χ4n) is 7.65. The Labute approximate surface area is 323 Å². The maximum atomic E-state index is 15.4. The minimum atomic E-state index is -5.07. The van der Waals surface area contributed by atoms with Gasteiger partial charge < -0.3 is 9.88 Å². The SMILES string of the molecule is Cn1cnc(-c2ccc(-c3ccc(Cl)c4c(NS(C)(=O)=O)nn(C)c34)c([C@H](Cc3cc(F)cc(F)c3)NC(=O)Cn3nc(C(F)(F)F)c4c3C(F)(F)[C@@H]3C[C@H]43)n2)c1. The van der Waals surface area contributed by atoms with E-state index in [1.807, 2.05) is 0 Å². The van der Waals surface area contributed by atoms with Gasteiger partial charge in [0, 0.05) is 49.0 Å². The van der Waals surface area contributed by atoms with Crippen LogP contribution in [0.1, 0.15) is 46.6 Å². The van der Waals surface area contributed by atoms with Crippen molar-refractivity contribution < 1.29 is 43.9 Å². The van der Waals surface area contributed by atoms with Crippen LogP contribution in [-0.2, 0) is 54.0 Å². The van der Waals surface area contributed by atoms with Crippen LogP contribution in [0.4, 0.5) is 36.6 Å². The number of carbonyl (C=O) groups excluding carboxylic acids is 1. The average molecular weight is 836 g/mol. The zero-order valence-electron chi connectivity index (χ0n) is 29.8. The van der Waals surface area contributed by atoms with Crippen LogP contribution in [0.2, 0.25) is 5.02 Å². The third kappa shape index (κ3) is 6.98. The molecule has 2 aliphatic carbocycles. The number of aromatic nitrogens is 7. The molecule has 4 heterocycles. The molecule has 2 aromatic carbocycles. The molecule has 2 aliphatic rings. The molecule has 0 saturated heterocycles. The maximum Gasteiger partial charge on any atom is 0.435 e. The molecule has 4 aromatic heterocycles. The summed E-state index contributed by atoms with van der Waals surface area (Å²) < 4.78 is 132. The van der Waals surface area contributed by atoms with Crippen LogP contribution < -0.4 is 10.0 Å². The van der Waals surface area contributed by atoms with Gasteiger partial charge in [0.25, 0.3) is 5.92 Å². The molecule has 298 valence electrons. The van der Waals surface area contributed by atoms with Crippen LogP contribution in [0, 0.1) is 17.6 Å². The van der Waals surface area contributed by atoms with E-state index in [4.69, 9.17) is 16.6 Å². The van der Waals surface area contributed by atoms with Crippen molar-refractivity contribution >= 4 is 44.3 Å². The fourth-order valence-corrected chi connectivity index (χ4v) is 8.38. The van der Waals surface area contributed by atoms with Crippen molar-refractivity contribution in [2.24, 2.45) is 20.0 Å². The first kappa shape index (κ1) is 38.4. The van der Waals surface area contributed by atoms with Gasteiger partial charge in [0.2, 0.25) is 15.9 Å². The minimum absolute atomic E-state index is 0.0289. The molecule has 1 amide bonds. The number of carbonyl (C=O) groups is 1. The second-order valence-electron chi connectivity index (χ2n) is 14.2. The Morgan fingerprint density at radius 3 is 2.39 bits per heavy atom. The zero-order valence-corrected chi connectivity index (χ0v) is 31.4. The standard InChI is InChI=1S/C36H29ClF7N9O3S/c1-51-13-26(45-15-51)24-7-5-19(20-4-6-23(37)29-31(20)52(2)49-34(29)50-57(3,55)56)30(47-24)25(10-16-8-17(38)11-18(39)9-16)46-27(54)14-53-33-28(32(48-53)36(42,43)44)21-12-22(21)35(33,40)41/h4-9,11,13,15,21-22,25H,10,12,14H2,1-3H3,(H,46,54)(H,49,50)/t21-,22+,25-/m0/s1. The van der Waals surface area contributed by atoms with Crippen molar-refractivity contribution in [2.45, 2.75) is 43.4 Å². The lowest BCUT2D eigenvalue weighted by molar-refractivity contribution is -0.142. The lowest BCUT2D eigenvalue weighted by Crippen LogP contribution is -2.35. The predicted molar refractivity (Wildman–Crippen MR) is 193 cm³/mol. The van der Waals surface area contributed by atoms with E-state index in [0.29, 0.717) is 27.5 Å². The molecule has 0 aliphatic heterocycles. The van der Waals surface area contributed by atoms with Crippen LogP contribution in [0.3, 0.4) is 0 Å². The number of aryl methyl sites for hydroxylation is 2. The molecule has 0 bridgehead atoms. The quantitative estimate of drug-likeness (QED) is 0.144. The van der Waals surface area contributed by atoms with Gasteiger partial charge in [-0.05, 0) is 48.6 Å². The van der Waals surface area contributed by atoms with Gasteiger partial charge in [0.05, 0.1) is 45.9 Å². The summed E-state index contributed by atoms with van der Waals surface area (Å²) in [5, 5.41) is 10.8. The van der Waals surface area contributed by atoms with Crippen LogP contribution >= 0.6 is 11.6 Å². The number of anilines is 1. The highest BCUT2D eigenvalue weighted by Gasteiger charge is 2.68. The third-order valence-electron chi connectivity index (χ3n) is 9.92. The number of sulfonamides is 1. The molecule has 0 unspecified atom stereocenters. The Bertz CT molecular complexity index is 2730. The summed E-state index contributed by atoms with van der Waals surface area (Å²) in [6.45, 7) is -1.07. The number of pyridine rings is 1. The number of hydrogen-bond acceptors (Lipinski definition) is 7. The smallest absolute Gasteiger partial charge is 0.346 e. The number of nitrogens with one attached hydrogen (secondary N) is 2. The van der Waals surface area contributed by atoms with Gasteiger partial charge in [0.15, 0.2) is 11.5 Å². The summed E-state index contributed by atoms with van der Waals surface area (Å²) in [7, 11) is -0.597. The van der Waals surface area contributed by atoms with Crippen molar-refractivity contribution in [2.75, 3.05) is 11.0 Å². The molecule has 21 heteroatoms. The van der Waals surface area contributed by atoms with E-state index in [-0.39, 0.29) is 51.6 Å². The van der Waals surface area contributed by atoms with Crippen molar-refractivity contribution in [1.82, 2.24) is 39.4 Å². The molecule has 12 nitrogen and oxygen atoms in total. The normalized spacial score (nSPS) is 17.7. The summed E-state index contributed by atoms with van der Waals surface area (Å²) in [5.74, 6) is -9.11. The van der Waals surface area contributed by atoms with Crippen LogP contribution in [0.25, 0.3) is 33.4 Å². The Morgan fingerprint density at radius 2 is 1.74 bits per heavy atom. The monoisotopic (exact) mass is 835 g/mol. The lowest BCUT2D eigenvalue weighted by atomic mass is 9.93. The minimum Gasteiger partial charge on any atom is -0.346 e. The first-order chi connectivity index (χ1) is 26.7. The highest BCUT2D eigenvalue weighted by molar-refractivity contribution is 7.92. The second-order valence-corrected chi connectivity index (χ2v) is 16.3. The molecule has 0 spiro atoms. The molecule has 8 rings (SSSR count). The van der Waals surface area contributed by atoms with Crippen LogP contribution in [0.5, 0.6) is 0 Å². The molecule has 6 aromatic rings. The molecular weight excluding hydrogens is 807 g/mol. The number of alkyl halides is 5. The van der Waals surface area contributed by atoms with Crippen molar-refractivity contribution in [3.05, 3.63) is 99.9 Å². The summed E-state index contributed by atoms with van der Waals surface area (Å²) >= 11 is 6.58. The van der Waals surface area contributed by atoms with E-state index in [1.165, 1.54) is 24.1 Å². The van der Waals surface area contributed by atoms with Gasteiger partial charge in [-0.2, -0.15) is 32.1 Å². The average Bonchev–Trinajstić information content (AvgIpc) is 3.32. The second kappa shape index (κ2) is 13.3. The van der Waals surface area contributed by atoms with Gasteiger partial charge in [-0.3, -0.25) is 18.9 Å². The Hall–Kier alpha value is -5.50. The highest BCUT2D eigenvalue weighted by atomic mass is 35.5. The number of benzene rings is 2. The van der Waals surface area contributed by atoms with E-state index in [9.17, 15) is 35.2 Å². The molecule has 1 saturated carbocycles. The van der Waals surface area contributed by atoms with Crippen molar-refractivity contribution in [3.63, 3.8) is 0 Å². The first-order valence-corrected chi connectivity index (χ1v) is 19.4. The Balaban J connectivity index is 1.29.